The maximum atomic E-state index is 12.8. The van der Waals surface area contributed by atoms with Crippen LogP contribution in [0.4, 0.5) is 0 Å². The van der Waals surface area contributed by atoms with Gasteiger partial charge in [-0.05, 0) is 17.5 Å². The fourth-order valence-corrected chi connectivity index (χ4v) is 3.16. The van der Waals surface area contributed by atoms with Gasteiger partial charge in [0.1, 0.15) is 18.9 Å². The molecule has 0 aliphatic rings. The first kappa shape index (κ1) is 21.7. The lowest BCUT2D eigenvalue weighted by Gasteiger charge is -2.14. The van der Waals surface area contributed by atoms with E-state index in [2.05, 4.69) is 41.1 Å². The molecule has 0 spiro atoms. The van der Waals surface area contributed by atoms with E-state index >= 15 is 0 Å². The third kappa shape index (κ3) is 6.24. The van der Waals surface area contributed by atoms with Crippen LogP contribution in [-0.2, 0) is 17.8 Å². The van der Waals surface area contributed by atoms with Gasteiger partial charge in [0.15, 0.2) is 6.04 Å². The molecule has 28 heavy (non-hydrogen) atoms. The number of nitrogens with zero attached hydrogens (tertiary/aromatic N) is 2. The molecule has 0 saturated carbocycles. The summed E-state index contributed by atoms with van der Waals surface area (Å²) < 4.78 is 4.14. The fraction of sp³-hybridized carbons (Fsp3) is 0.304. The second-order valence-electron chi connectivity index (χ2n) is 6.87. The molecule has 0 saturated heterocycles. The van der Waals surface area contributed by atoms with Gasteiger partial charge >= 0.3 is 0 Å². The smallest absolute Gasteiger partial charge is 0.265 e. The van der Waals surface area contributed by atoms with Gasteiger partial charge in [-0.1, -0.05) is 74.0 Å². The Balaban J connectivity index is 0.00000280. The molecule has 1 atom stereocenters. The highest BCUT2D eigenvalue weighted by atomic mass is 35.5. The molecular weight excluding hydrogens is 370 g/mol. The van der Waals surface area contributed by atoms with Gasteiger partial charge < -0.3 is 17.7 Å². The van der Waals surface area contributed by atoms with E-state index in [-0.39, 0.29) is 24.4 Å². The fourth-order valence-electron chi connectivity index (χ4n) is 3.16. The Morgan fingerprint density at radius 3 is 2.32 bits per heavy atom. The summed E-state index contributed by atoms with van der Waals surface area (Å²) in [7, 11) is 0. The Bertz CT molecular complexity index is 833. The number of hydrogen-bond donors (Lipinski definition) is 1. The molecule has 3 rings (SSSR count). The molecule has 3 aromatic rings. The summed E-state index contributed by atoms with van der Waals surface area (Å²) in [6.45, 7) is 3.65. The Hall–Kier alpha value is -2.59. The molecule has 1 N–H and O–H groups in total. The predicted octanol–water partition coefficient (Wildman–Crippen LogP) is 0.528. The van der Waals surface area contributed by atoms with E-state index in [1.54, 1.807) is 0 Å². The first-order valence-electron chi connectivity index (χ1n) is 9.68. The van der Waals surface area contributed by atoms with Crippen molar-refractivity contribution in [3.8, 4) is 0 Å². The molecule has 2 aromatic carbocycles. The topological polar surface area (TPSA) is 37.9 Å². The number of aromatic nitrogens is 2. The molecule has 148 valence electrons. The first-order valence-corrected chi connectivity index (χ1v) is 9.68. The van der Waals surface area contributed by atoms with Gasteiger partial charge in [0.2, 0.25) is 6.33 Å². The molecule has 0 bridgehead atoms. The highest BCUT2D eigenvalue weighted by Crippen LogP contribution is 2.14. The molecule has 1 heterocycles. The van der Waals surface area contributed by atoms with Gasteiger partial charge in [-0.25, -0.2) is 9.13 Å². The third-order valence-electron chi connectivity index (χ3n) is 4.68. The van der Waals surface area contributed by atoms with Crippen molar-refractivity contribution in [3.05, 3.63) is 90.5 Å². The molecule has 0 unspecified atom stereocenters. The van der Waals surface area contributed by atoms with Crippen LogP contribution in [0.3, 0.4) is 0 Å². The molecular formula is C23H28ClN3O. The van der Waals surface area contributed by atoms with Crippen LogP contribution in [0.25, 0.3) is 0 Å². The third-order valence-corrected chi connectivity index (χ3v) is 4.68. The van der Waals surface area contributed by atoms with Crippen LogP contribution >= 0.6 is 0 Å². The summed E-state index contributed by atoms with van der Waals surface area (Å²) in [5.41, 5.74) is 2.41. The number of benzene rings is 2. The monoisotopic (exact) mass is 397 g/mol. The summed E-state index contributed by atoms with van der Waals surface area (Å²) in [5, 5.41) is 3.09. The van der Waals surface area contributed by atoms with E-state index in [0.29, 0.717) is 6.42 Å². The zero-order valence-corrected chi connectivity index (χ0v) is 17.1. The zero-order chi connectivity index (χ0) is 18.9. The molecule has 0 aliphatic carbocycles. The summed E-state index contributed by atoms with van der Waals surface area (Å²) in [6, 6.07) is 20.3. The predicted molar refractivity (Wildman–Crippen MR) is 107 cm³/mol. The lowest BCUT2D eigenvalue weighted by molar-refractivity contribution is -0.687. The van der Waals surface area contributed by atoms with Crippen LogP contribution in [0.1, 0.15) is 36.9 Å². The van der Waals surface area contributed by atoms with E-state index in [4.69, 9.17) is 0 Å². The summed E-state index contributed by atoms with van der Waals surface area (Å²) >= 11 is 0. The largest absolute Gasteiger partial charge is 1.00 e. The van der Waals surface area contributed by atoms with Crippen molar-refractivity contribution in [2.45, 2.75) is 38.8 Å². The number of imidazole rings is 1. The molecule has 1 aromatic heterocycles. The Kier molecular flexibility index (Phi) is 8.76. The molecule has 0 fully saturated rings. The Morgan fingerprint density at radius 1 is 1.04 bits per heavy atom. The van der Waals surface area contributed by atoms with E-state index in [1.807, 2.05) is 59.7 Å². The second kappa shape index (κ2) is 11.3. The van der Waals surface area contributed by atoms with Crippen LogP contribution in [0.2, 0.25) is 0 Å². The first-order chi connectivity index (χ1) is 13.3. The van der Waals surface area contributed by atoms with Crippen LogP contribution in [0, 0.1) is 0 Å². The minimum Gasteiger partial charge on any atom is -1.00 e. The maximum absolute atomic E-state index is 12.8. The zero-order valence-electron chi connectivity index (χ0n) is 16.3. The van der Waals surface area contributed by atoms with Gasteiger partial charge in [-0.3, -0.25) is 4.79 Å². The van der Waals surface area contributed by atoms with Crippen molar-refractivity contribution in [3.63, 3.8) is 0 Å². The van der Waals surface area contributed by atoms with Crippen LogP contribution in [0.5, 0.6) is 0 Å². The number of hydrogen-bond acceptors (Lipinski definition) is 1. The average Bonchev–Trinajstić information content (AvgIpc) is 3.16. The van der Waals surface area contributed by atoms with Crippen molar-refractivity contribution in [2.75, 3.05) is 6.54 Å². The van der Waals surface area contributed by atoms with Gasteiger partial charge in [0, 0.05) is 13.0 Å². The SMILES string of the molecule is CCCCNC(=O)[C@H](Cc1ccccc1)n1cc[n+](Cc2ccccc2)c1.[Cl-]. The van der Waals surface area contributed by atoms with E-state index in [1.165, 1.54) is 5.56 Å². The number of halogens is 1. The average molecular weight is 398 g/mol. The van der Waals surface area contributed by atoms with Crippen molar-refractivity contribution in [2.24, 2.45) is 0 Å². The van der Waals surface area contributed by atoms with E-state index in [0.717, 1.165) is 31.5 Å². The van der Waals surface area contributed by atoms with Crippen molar-refractivity contribution in [1.82, 2.24) is 9.88 Å². The van der Waals surface area contributed by atoms with E-state index in [9.17, 15) is 4.79 Å². The second-order valence-corrected chi connectivity index (χ2v) is 6.87. The summed E-state index contributed by atoms with van der Waals surface area (Å²) in [6.07, 6.45) is 8.81. The molecule has 0 radical (unpaired) electrons. The molecule has 4 nitrogen and oxygen atoms in total. The number of carbonyl (C=O) groups is 1. The Morgan fingerprint density at radius 2 is 1.68 bits per heavy atom. The molecule has 5 heteroatoms. The quantitative estimate of drug-likeness (QED) is 0.415. The van der Waals surface area contributed by atoms with Crippen molar-refractivity contribution < 1.29 is 21.8 Å². The number of amides is 1. The van der Waals surface area contributed by atoms with Crippen molar-refractivity contribution in [1.29, 1.82) is 0 Å². The van der Waals surface area contributed by atoms with Gasteiger partial charge in [0.25, 0.3) is 5.91 Å². The number of rotatable bonds is 9. The Labute approximate surface area is 173 Å². The van der Waals surface area contributed by atoms with Gasteiger partial charge in [0.05, 0.1) is 0 Å². The maximum Gasteiger partial charge on any atom is 0.265 e. The normalized spacial score (nSPS) is 11.5. The van der Waals surface area contributed by atoms with Crippen LogP contribution in [-0.4, -0.2) is 17.0 Å². The number of carbonyl (C=O) groups excluding carboxylic acids is 1. The lowest BCUT2D eigenvalue weighted by Crippen LogP contribution is -3.00. The highest BCUT2D eigenvalue weighted by Gasteiger charge is 2.25. The van der Waals surface area contributed by atoms with Crippen LogP contribution < -0.4 is 22.3 Å². The molecule has 1 amide bonds. The lowest BCUT2D eigenvalue weighted by atomic mass is 10.1. The number of nitrogens with one attached hydrogen (secondary N) is 1. The standard InChI is InChI=1S/C23H27N3O.ClH/c1-2-3-14-24-23(27)22(17-20-10-6-4-7-11-20)26-16-15-25(19-26)18-21-12-8-5-9-13-21;/h4-13,15-16,19,22H,2-3,14,17-18H2,1H3;1H/t22-;/m0./s1. The summed E-state index contributed by atoms with van der Waals surface area (Å²) in [5.74, 6) is 0.0785. The van der Waals surface area contributed by atoms with Crippen LogP contribution in [0.15, 0.2) is 79.4 Å². The van der Waals surface area contributed by atoms with Crippen molar-refractivity contribution >= 4 is 5.91 Å². The van der Waals surface area contributed by atoms with Gasteiger partial charge in [-0.15, -0.1) is 0 Å². The molecule has 0 aliphatic heterocycles. The minimum absolute atomic E-state index is 0. The highest BCUT2D eigenvalue weighted by molar-refractivity contribution is 5.80. The number of unbranched alkanes of at least 4 members (excludes halogenated alkanes) is 1. The summed E-state index contributed by atoms with van der Waals surface area (Å²) in [4.78, 5) is 12.8. The van der Waals surface area contributed by atoms with Gasteiger partial charge in [-0.2, -0.15) is 0 Å². The minimum atomic E-state index is -0.249. The van der Waals surface area contributed by atoms with E-state index < -0.39 is 0 Å².